The first-order valence-electron chi connectivity index (χ1n) is 5.38. The summed E-state index contributed by atoms with van der Waals surface area (Å²) in [6.45, 7) is 6.62. The van der Waals surface area contributed by atoms with Gasteiger partial charge in [-0.1, -0.05) is 13.8 Å². The van der Waals surface area contributed by atoms with E-state index < -0.39 is 0 Å². The molecule has 4 heteroatoms. The van der Waals surface area contributed by atoms with Gasteiger partial charge in [-0.05, 0) is 13.3 Å². The number of hydrogen-bond acceptors (Lipinski definition) is 3. The summed E-state index contributed by atoms with van der Waals surface area (Å²) >= 11 is 0. The molecule has 0 aliphatic carbocycles. The highest BCUT2D eigenvalue weighted by atomic mass is 16.1. The van der Waals surface area contributed by atoms with Gasteiger partial charge in [0, 0.05) is 24.7 Å². The third-order valence-electron chi connectivity index (χ3n) is 2.57. The SMILES string of the molecule is CCCn1cc(C(=O)C(C)C(C)N)cn1. The molecule has 15 heavy (non-hydrogen) atoms. The van der Waals surface area contributed by atoms with Crippen LogP contribution in [0.2, 0.25) is 0 Å². The Morgan fingerprint density at radius 1 is 1.60 bits per heavy atom. The largest absolute Gasteiger partial charge is 0.327 e. The van der Waals surface area contributed by atoms with Crippen LogP contribution in [0.1, 0.15) is 37.6 Å². The van der Waals surface area contributed by atoms with Crippen molar-refractivity contribution in [2.24, 2.45) is 11.7 Å². The normalized spacial score (nSPS) is 14.9. The molecule has 0 radical (unpaired) electrons. The lowest BCUT2D eigenvalue weighted by molar-refractivity contribution is 0.0917. The maximum atomic E-state index is 11.9. The third kappa shape index (κ3) is 2.89. The molecule has 2 atom stereocenters. The number of carbonyl (C=O) groups excluding carboxylic acids is 1. The van der Waals surface area contributed by atoms with Crippen LogP contribution in [0.15, 0.2) is 12.4 Å². The van der Waals surface area contributed by atoms with E-state index in [2.05, 4.69) is 12.0 Å². The summed E-state index contributed by atoms with van der Waals surface area (Å²) in [5.41, 5.74) is 6.35. The molecule has 4 nitrogen and oxygen atoms in total. The molecule has 2 unspecified atom stereocenters. The highest BCUT2D eigenvalue weighted by Gasteiger charge is 2.19. The first-order valence-corrected chi connectivity index (χ1v) is 5.38. The summed E-state index contributed by atoms with van der Waals surface area (Å²) in [4.78, 5) is 11.9. The van der Waals surface area contributed by atoms with Crippen LogP contribution in [0, 0.1) is 5.92 Å². The van der Waals surface area contributed by atoms with Gasteiger partial charge in [-0.3, -0.25) is 9.48 Å². The number of nitrogens with zero attached hydrogens (tertiary/aromatic N) is 2. The standard InChI is InChI=1S/C11H19N3O/c1-4-5-14-7-10(6-13-14)11(15)8(2)9(3)12/h6-9H,4-5,12H2,1-3H3. The topological polar surface area (TPSA) is 60.9 Å². The van der Waals surface area contributed by atoms with Crippen LogP contribution in [-0.4, -0.2) is 21.6 Å². The minimum Gasteiger partial charge on any atom is -0.327 e. The molecule has 0 aliphatic rings. The fourth-order valence-electron chi connectivity index (χ4n) is 1.34. The van der Waals surface area contributed by atoms with Crippen molar-refractivity contribution in [2.75, 3.05) is 0 Å². The second-order valence-corrected chi connectivity index (χ2v) is 4.00. The van der Waals surface area contributed by atoms with E-state index in [-0.39, 0.29) is 17.7 Å². The van der Waals surface area contributed by atoms with Gasteiger partial charge in [0.2, 0.25) is 0 Å². The van der Waals surface area contributed by atoms with E-state index in [4.69, 9.17) is 5.73 Å². The Balaban J connectivity index is 2.74. The van der Waals surface area contributed by atoms with Crippen LogP contribution < -0.4 is 5.73 Å². The van der Waals surface area contributed by atoms with Crippen molar-refractivity contribution in [1.29, 1.82) is 0 Å². The second kappa shape index (κ2) is 5.07. The molecule has 84 valence electrons. The van der Waals surface area contributed by atoms with Crippen LogP contribution in [-0.2, 0) is 6.54 Å². The average molecular weight is 209 g/mol. The number of aromatic nitrogens is 2. The van der Waals surface area contributed by atoms with Crippen molar-refractivity contribution >= 4 is 5.78 Å². The van der Waals surface area contributed by atoms with Crippen LogP contribution >= 0.6 is 0 Å². The third-order valence-corrected chi connectivity index (χ3v) is 2.57. The fraction of sp³-hybridized carbons (Fsp3) is 0.636. The first kappa shape index (κ1) is 11.9. The highest BCUT2D eigenvalue weighted by molar-refractivity contribution is 5.97. The Hall–Kier alpha value is -1.16. The van der Waals surface area contributed by atoms with Crippen LogP contribution in [0.25, 0.3) is 0 Å². The zero-order valence-corrected chi connectivity index (χ0v) is 9.60. The molecular formula is C11H19N3O. The predicted octanol–water partition coefficient (Wildman–Crippen LogP) is 1.46. The molecule has 2 N–H and O–H groups in total. The molecule has 0 amide bonds. The van der Waals surface area contributed by atoms with E-state index in [0.717, 1.165) is 13.0 Å². The summed E-state index contributed by atoms with van der Waals surface area (Å²) in [5.74, 6) is -0.0726. The molecule has 1 rings (SSSR count). The van der Waals surface area contributed by atoms with Gasteiger partial charge in [0.25, 0.3) is 0 Å². The first-order chi connectivity index (χ1) is 7.06. The Bertz CT molecular complexity index is 330. The number of nitrogens with two attached hydrogens (primary N) is 1. The molecule has 0 fully saturated rings. The maximum absolute atomic E-state index is 11.9. The Labute approximate surface area is 90.5 Å². The summed E-state index contributed by atoms with van der Waals surface area (Å²) in [7, 11) is 0. The molecule has 1 heterocycles. The van der Waals surface area contributed by atoms with E-state index in [1.807, 2.05) is 13.8 Å². The lowest BCUT2D eigenvalue weighted by Crippen LogP contribution is -2.30. The van der Waals surface area contributed by atoms with Gasteiger partial charge in [-0.25, -0.2) is 0 Å². The molecule has 0 aliphatic heterocycles. The minimum absolute atomic E-state index is 0.0763. The quantitative estimate of drug-likeness (QED) is 0.747. The van der Waals surface area contributed by atoms with Gasteiger partial charge in [0.05, 0.1) is 11.8 Å². The van der Waals surface area contributed by atoms with Gasteiger partial charge in [-0.2, -0.15) is 5.10 Å². The number of carbonyl (C=O) groups is 1. The zero-order valence-electron chi connectivity index (χ0n) is 9.60. The average Bonchev–Trinajstić information content (AvgIpc) is 2.64. The Morgan fingerprint density at radius 2 is 2.27 bits per heavy atom. The number of aryl methyl sites for hydroxylation is 1. The van der Waals surface area contributed by atoms with E-state index in [1.54, 1.807) is 17.1 Å². The summed E-state index contributed by atoms with van der Waals surface area (Å²) < 4.78 is 1.79. The van der Waals surface area contributed by atoms with E-state index in [1.165, 1.54) is 0 Å². The molecule has 0 aromatic carbocycles. The van der Waals surface area contributed by atoms with Crippen molar-refractivity contribution < 1.29 is 4.79 Å². The van der Waals surface area contributed by atoms with Crippen molar-refractivity contribution in [2.45, 2.75) is 39.8 Å². The summed E-state index contributed by atoms with van der Waals surface area (Å²) in [5, 5.41) is 4.12. The van der Waals surface area contributed by atoms with E-state index in [9.17, 15) is 4.79 Å². The van der Waals surface area contributed by atoms with Crippen molar-refractivity contribution in [3.05, 3.63) is 18.0 Å². The van der Waals surface area contributed by atoms with Gasteiger partial charge in [0.1, 0.15) is 0 Å². The number of rotatable bonds is 5. The molecule has 1 aromatic heterocycles. The van der Waals surface area contributed by atoms with Crippen LogP contribution in [0.3, 0.4) is 0 Å². The minimum atomic E-state index is -0.149. The second-order valence-electron chi connectivity index (χ2n) is 4.00. The number of Topliss-reactive ketones (excluding diaryl/α,β-unsaturated/α-hetero) is 1. The van der Waals surface area contributed by atoms with E-state index >= 15 is 0 Å². The molecule has 0 bridgehead atoms. The molecular weight excluding hydrogens is 190 g/mol. The monoisotopic (exact) mass is 209 g/mol. The number of ketones is 1. The van der Waals surface area contributed by atoms with Gasteiger partial charge in [-0.15, -0.1) is 0 Å². The zero-order chi connectivity index (χ0) is 11.4. The number of hydrogen-bond donors (Lipinski definition) is 1. The van der Waals surface area contributed by atoms with Gasteiger partial charge >= 0.3 is 0 Å². The summed E-state index contributed by atoms with van der Waals surface area (Å²) in [6, 6.07) is -0.118. The van der Waals surface area contributed by atoms with Gasteiger partial charge < -0.3 is 5.73 Å². The van der Waals surface area contributed by atoms with Crippen LogP contribution in [0.4, 0.5) is 0 Å². The van der Waals surface area contributed by atoms with Crippen molar-refractivity contribution in [3.8, 4) is 0 Å². The van der Waals surface area contributed by atoms with Crippen molar-refractivity contribution in [1.82, 2.24) is 9.78 Å². The molecule has 1 aromatic rings. The maximum Gasteiger partial charge on any atom is 0.170 e. The summed E-state index contributed by atoms with van der Waals surface area (Å²) in [6.07, 6.45) is 4.43. The lowest BCUT2D eigenvalue weighted by atomic mass is 9.96. The smallest absolute Gasteiger partial charge is 0.170 e. The highest BCUT2D eigenvalue weighted by Crippen LogP contribution is 2.10. The Morgan fingerprint density at radius 3 is 2.80 bits per heavy atom. The Kier molecular flexibility index (Phi) is 4.03. The lowest BCUT2D eigenvalue weighted by Gasteiger charge is -2.12. The van der Waals surface area contributed by atoms with Crippen LogP contribution in [0.5, 0.6) is 0 Å². The van der Waals surface area contributed by atoms with Crippen molar-refractivity contribution in [3.63, 3.8) is 0 Å². The molecule has 0 saturated carbocycles. The fourth-order valence-corrected chi connectivity index (χ4v) is 1.34. The molecule has 0 saturated heterocycles. The van der Waals surface area contributed by atoms with Gasteiger partial charge in [0.15, 0.2) is 5.78 Å². The predicted molar refractivity (Wildman–Crippen MR) is 59.7 cm³/mol. The molecule has 0 spiro atoms. The van der Waals surface area contributed by atoms with E-state index in [0.29, 0.717) is 5.56 Å².